The lowest BCUT2D eigenvalue weighted by Crippen LogP contribution is -2.51. The quantitative estimate of drug-likeness (QED) is 0.665. The van der Waals surface area contributed by atoms with Gasteiger partial charge < -0.3 is 15.0 Å². The van der Waals surface area contributed by atoms with Crippen LogP contribution in [0.1, 0.15) is 66.2 Å². The van der Waals surface area contributed by atoms with Crippen LogP contribution in [0.25, 0.3) is 0 Å². The molecular weight excluding hydrogens is 264 g/mol. The van der Waals surface area contributed by atoms with E-state index < -0.39 is 5.54 Å². The molecule has 21 heavy (non-hydrogen) atoms. The highest BCUT2D eigenvalue weighted by Crippen LogP contribution is 2.21. The number of carbonyl (C=O) groups excluding carboxylic acids is 1. The van der Waals surface area contributed by atoms with Gasteiger partial charge in [-0.1, -0.05) is 20.3 Å². The number of hydrogen-bond donors (Lipinski definition) is 1. The molecule has 1 saturated heterocycles. The lowest BCUT2D eigenvalue weighted by atomic mass is 9.94. The average Bonchev–Trinajstić information content (AvgIpc) is 2.48. The molecule has 1 N–H and O–H groups in total. The van der Waals surface area contributed by atoms with E-state index in [0.29, 0.717) is 6.61 Å². The Morgan fingerprint density at radius 1 is 1.33 bits per heavy atom. The van der Waals surface area contributed by atoms with Crippen molar-refractivity contribution in [3.8, 4) is 0 Å². The predicted molar refractivity (Wildman–Crippen MR) is 87.5 cm³/mol. The van der Waals surface area contributed by atoms with Crippen molar-refractivity contribution in [2.24, 2.45) is 0 Å². The van der Waals surface area contributed by atoms with E-state index in [0.717, 1.165) is 32.0 Å². The number of rotatable bonds is 9. The highest BCUT2D eigenvalue weighted by molar-refractivity contribution is 5.80. The van der Waals surface area contributed by atoms with E-state index in [1.165, 1.54) is 32.2 Å². The molecule has 2 atom stereocenters. The van der Waals surface area contributed by atoms with E-state index >= 15 is 0 Å². The highest BCUT2D eigenvalue weighted by Gasteiger charge is 2.33. The lowest BCUT2D eigenvalue weighted by molar-refractivity contribution is -0.150. The second kappa shape index (κ2) is 9.42. The minimum atomic E-state index is -0.539. The Morgan fingerprint density at radius 3 is 2.71 bits per heavy atom. The smallest absolute Gasteiger partial charge is 0.326 e. The van der Waals surface area contributed by atoms with Gasteiger partial charge in [-0.05, 0) is 65.6 Å². The van der Waals surface area contributed by atoms with E-state index in [9.17, 15) is 4.79 Å². The molecule has 0 radical (unpaired) electrons. The van der Waals surface area contributed by atoms with E-state index in [-0.39, 0.29) is 5.97 Å². The first-order valence-corrected chi connectivity index (χ1v) is 8.73. The second-order valence-corrected chi connectivity index (χ2v) is 6.28. The molecule has 0 aliphatic carbocycles. The molecule has 0 aromatic rings. The van der Waals surface area contributed by atoms with Crippen LogP contribution in [0.2, 0.25) is 0 Å². The Kier molecular flexibility index (Phi) is 8.27. The lowest BCUT2D eigenvalue weighted by Gasteiger charge is -2.36. The molecule has 4 nitrogen and oxygen atoms in total. The molecular formula is C17H34N2O2. The molecule has 1 heterocycles. The van der Waals surface area contributed by atoms with Crippen LogP contribution in [-0.2, 0) is 9.53 Å². The first-order chi connectivity index (χ1) is 10.1. The molecule has 1 aliphatic rings. The number of nitrogens with zero attached hydrogens (tertiary/aromatic N) is 1. The molecule has 1 aliphatic heterocycles. The molecule has 0 aromatic carbocycles. The Morgan fingerprint density at radius 2 is 2.10 bits per heavy atom. The number of carbonyl (C=O) groups is 1. The molecule has 0 bridgehead atoms. The molecule has 124 valence electrons. The Bertz CT molecular complexity index is 309. The van der Waals surface area contributed by atoms with Gasteiger partial charge in [-0.2, -0.15) is 0 Å². The highest BCUT2D eigenvalue weighted by atomic mass is 16.5. The van der Waals surface area contributed by atoms with Crippen molar-refractivity contribution in [3.63, 3.8) is 0 Å². The molecule has 0 spiro atoms. The number of piperidine rings is 1. The molecule has 4 heteroatoms. The summed E-state index contributed by atoms with van der Waals surface area (Å²) < 4.78 is 5.23. The van der Waals surface area contributed by atoms with Gasteiger partial charge in [-0.25, -0.2) is 0 Å². The van der Waals surface area contributed by atoms with Crippen molar-refractivity contribution in [3.05, 3.63) is 0 Å². The molecule has 0 aromatic heterocycles. The van der Waals surface area contributed by atoms with Crippen molar-refractivity contribution in [1.82, 2.24) is 10.2 Å². The molecule has 2 unspecified atom stereocenters. The largest absolute Gasteiger partial charge is 0.465 e. The Labute approximate surface area is 130 Å². The van der Waals surface area contributed by atoms with Crippen LogP contribution in [0, 0.1) is 0 Å². The van der Waals surface area contributed by atoms with Crippen LogP contribution in [0.3, 0.4) is 0 Å². The van der Waals surface area contributed by atoms with Crippen molar-refractivity contribution in [2.45, 2.75) is 77.8 Å². The van der Waals surface area contributed by atoms with Crippen LogP contribution in [0.15, 0.2) is 0 Å². The predicted octanol–water partition coefficient (Wildman–Crippen LogP) is 2.96. The monoisotopic (exact) mass is 298 g/mol. The summed E-state index contributed by atoms with van der Waals surface area (Å²) in [5.41, 5.74) is -0.539. The number of ether oxygens (including phenoxy) is 1. The summed E-state index contributed by atoms with van der Waals surface area (Å²) in [5.74, 6) is -0.113. The molecule has 1 fully saturated rings. The summed E-state index contributed by atoms with van der Waals surface area (Å²) in [6, 6.07) is 0.742. The molecule has 1 rings (SSSR count). The summed E-state index contributed by atoms with van der Waals surface area (Å²) in [7, 11) is 0. The number of hydrogen-bond acceptors (Lipinski definition) is 4. The zero-order valence-corrected chi connectivity index (χ0v) is 14.4. The van der Waals surface area contributed by atoms with Gasteiger partial charge >= 0.3 is 5.97 Å². The maximum absolute atomic E-state index is 12.2. The fraction of sp³-hybridized carbons (Fsp3) is 0.941. The van der Waals surface area contributed by atoms with Crippen LogP contribution < -0.4 is 5.32 Å². The second-order valence-electron chi connectivity index (χ2n) is 6.28. The third kappa shape index (κ3) is 5.59. The van der Waals surface area contributed by atoms with Gasteiger partial charge in [0.05, 0.1) is 6.61 Å². The number of likely N-dealkylation sites (tertiary alicyclic amines) is 1. The Hall–Kier alpha value is -0.610. The number of likely N-dealkylation sites (N-methyl/N-ethyl adjacent to an activating group) is 1. The van der Waals surface area contributed by atoms with Crippen molar-refractivity contribution in [1.29, 1.82) is 0 Å². The average molecular weight is 298 g/mol. The van der Waals surface area contributed by atoms with Gasteiger partial charge in [0, 0.05) is 6.04 Å². The van der Waals surface area contributed by atoms with Crippen molar-refractivity contribution >= 4 is 5.97 Å². The third-order valence-electron chi connectivity index (χ3n) is 4.64. The normalized spacial score (nSPS) is 22.8. The van der Waals surface area contributed by atoms with Crippen molar-refractivity contribution < 1.29 is 9.53 Å². The van der Waals surface area contributed by atoms with Gasteiger partial charge in [0.1, 0.15) is 5.54 Å². The van der Waals surface area contributed by atoms with Crippen LogP contribution in [0.5, 0.6) is 0 Å². The third-order valence-corrected chi connectivity index (χ3v) is 4.64. The maximum Gasteiger partial charge on any atom is 0.326 e. The zero-order chi connectivity index (χ0) is 15.7. The topological polar surface area (TPSA) is 41.6 Å². The summed E-state index contributed by atoms with van der Waals surface area (Å²) in [6.07, 6.45) is 7.14. The van der Waals surface area contributed by atoms with E-state index in [1.807, 2.05) is 20.8 Å². The number of nitrogens with one attached hydrogen (secondary N) is 1. The van der Waals surface area contributed by atoms with Crippen LogP contribution in [0.4, 0.5) is 0 Å². The number of esters is 1. The standard InChI is InChI=1S/C17H34N2O2/c1-5-15-11-8-9-13-19(15)14-10-12-17(4,18-6-2)16(20)21-7-3/h15,18H,5-14H2,1-4H3. The fourth-order valence-corrected chi connectivity index (χ4v) is 3.40. The van der Waals surface area contributed by atoms with Crippen LogP contribution >= 0.6 is 0 Å². The summed E-state index contributed by atoms with van der Waals surface area (Å²) in [4.78, 5) is 14.8. The minimum absolute atomic E-state index is 0.113. The van der Waals surface area contributed by atoms with Gasteiger partial charge in [0.2, 0.25) is 0 Å². The minimum Gasteiger partial charge on any atom is -0.465 e. The fourth-order valence-electron chi connectivity index (χ4n) is 3.40. The van der Waals surface area contributed by atoms with E-state index in [2.05, 4.69) is 17.1 Å². The maximum atomic E-state index is 12.2. The van der Waals surface area contributed by atoms with E-state index in [1.54, 1.807) is 0 Å². The van der Waals surface area contributed by atoms with Crippen molar-refractivity contribution in [2.75, 3.05) is 26.2 Å². The first kappa shape index (κ1) is 18.4. The van der Waals surface area contributed by atoms with Gasteiger partial charge in [-0.15, -0.1) is 0 Å². The summed E-state index contributed by atoms with van der Waals surface area (Å²) >= 11 is 0. The van der Waals surface area contributed by atoms with E-state index in [4.69, 9.17) is 4.74 Å². The van der Waals surface area contributed by atoms with Gasteiger partial charge in [0.25, 0.3) is 0 Å². The Balaban J connectivity index is 2.47. The molecule has 0 amide bonds. The summed E-state index contributed by atoms with van der Waals surface area (Å²) in [6.45, 7) is 11.7. The van der Waals surface area contributed by atoms with Gasteiger partial charge in [0.15, 0.2) is 0 Å². The first-order valence-electron chi connectivity index (χ1n) is 8.73. The SMILES string of the molecule is CCNC(C)(CCCN1CCCCC1CC)C(=O)OCC. The van der Waals surface area contributed by atoms with Crippen LogP contribution in [-0.4, -0.2) is 48.7 Å². The molecule has 0 saturated carbocycles. The zero-order valence-electron chi connectivity index (χ0n) is 14.4. The summed E-state index contributed by atoms with van der Waals surface area (Å²) in [5, 5.41) is 3.31. The van der Waals surface area contributed by atoms with Gasteiger partial charge in [-0.3, -0.25) is 4.79 Å².